The number of aromatic nitrogens is 5. The van der Waals surface area contributed by atoms with Crippen molar-refractivity contribution in [2.75, 3.05) is 21.3 Å². The van der Waals surface area contributed by atoms with Gasteiger partial charge in [0.2, 0.25) is 0 Å². The van der Waals surface area contributed by atoms with Gasteiger partial charge in [0.25, 0.3) is 0 Å². The molecule has 390 valence electrons. The largest absolute Gasteiger partial charge is 0.478 e. The summed E-state index contributed by atoms with van der Waals surface area (Å²) in [5.74, 6) is -3.44. The highest BCUT2D eigenvalue weighted by molar-refractivity contribution is 6.38. The van der Waals surface area contributed by atoms with Crippen LogP contribution in [0.5, 0.6) is 0 Å². The zero-order chi connectivity index (χ0) is 55.7. The van der Waals surface area contributed by atoms with E-state index in [4.69, 9.17) is 126 Å². The third-order valence-electron chi connectivity index (χ3n) is 8.86. The summed E-state index contributed by atoms with van der Waals surface area (Å²) in [5.41, 5.74) is 2.25. The van der Waals surface area contributed by atoms with Crippen LogP contribution in [-0.4, -0.2) is 91.4 Å². The molecule has 2 N–H and O–H groups in total. The second-order valence-electron chi connectivity index (χ2n) is 14.0. The smallest absolute Gasteiger partial charge is 0.339 e. The van der Waals surface area contributed by atoms with Crippen molar-refractivity contribution in [2.45, 2.75) is 19.1 Å². The highest BCUT2D eigenvalue weighted by Crippen LogP contribution is 2.32. The van der Waals surface area contributed by atoms with Crippen LogP contribution < -0.4 is 0 Å². The summed E-state index contributed by atoms with van der Waals surface area (Å²) in [5, 5.41) is 22.1. The number of rotatable bonds is 10. The first kappa shape index (κ1) is 62.6. The second-order valence-corrected chi connectivity index (χ2v) is 18.2. The number of carbonyl (C=O) groups is 6. The van der Waals surface area contributed by atoms with Gasteiger partial charge in [-0.05, 0) is 42.5 Å². The lowest BCUT2D eigenvalue weighted by molar-refractivity contribution is -0.147. The number of ether oxygens (including phenoxy) is 4. The zero-order valence-electron chi connectivity index (χ0n) is 38.2. The average Bonchev–Trinajstić information content (AvgIpc) is 3.99. The molecule has 7 rings (SSSR count). The fourth-order valence-corrected chi connectivity index (χ4v) is 7.96. The lowest BCUT2D eigenvalue weighted by Crippen LogP contribution is -2.18. The lowest BCUT2D eigenvalue weighted by Gasteiger charge is -2.18. The minimum atomic E-state index is -1.31. The van der Waals surface area contributed by atoms with E-state index < -0.39 is 42.1 Å². The number of halogens is 10. The fraction of sp³-hybridized carbons (Fsp3) is 0.128. The number of pyridine rings is 5. The summed E-state index contributed by atoms with van der Waals surface area (Å²) in [6.07, 6.45) is 8.54. The Hall–Kier alpha value is -5.67. The van der Waals surface area contributed by atoms with Crippen LogP contribution in [0.4, 0.5) is 0 Å². The maximum absolute atomic E-state index is 11.5. The molecule has 0 saturated carbocycles. The van der Waals surface area contributed by atoms with Gasteiger partial charge in [-0.2, -0.15) is 0 Å². The van der Waals surface area contributed by atoms with Gasteiger partial charge in [0.1, 0.15) is 17.5 Å². The molecule has 0 saturated heterocycles. The minimum Gasteiger partial charge on any atom is -0.478 e. The molecule has 2 unspecified atom stereocenters. The summed E-state index contributed by atoms with van der Waals surface area (Å²) in [4.78, 5) is 77.3. The van der Waals surface area contributed by atoms with Crippen molar-refractivity contribution in [2.24, 2.45) is 0 Å². The van der Waals surface area contributed by atoms with E-state index in [-0.39, 0.29) is 48.9 Å². The maximum Gasteiger partial charge on any atom is 0.339 e. The quantitative estimate of drug-likeness (QED) is 0.0562. The molecule has 0 spiro atoms. The first-order chi connectivity index (χ1) is 34.8. The Morgan fingerprint density at radius 2 is 0.986 bits per heavy atom. The second kappa shape index (κ2) is 29.4. The minimum absolute atomic E-state index is 0.0885. The summed E-state index contributed by atoms with van der Waals surface area (Å²) in [7, 11) is 3.71. The molecule has 0 bridgehead atoms. The summed E-state index contributed by atoms with van der Waals surface area (Å²) in [6.45, 7) is 8.14. The standard InChI is InChI=1S/C12H11Cl2NO4.C10H9Cl2NO3.C10H7Cl2NO2.C9H5Cl2NO2.C6H3Cl2NO/c1-6(12(17)18-3)11(19-7(2)16)10-9(14)4-8(13)5-15-10;1-5(10(15)16-2)9(14)8-7(12)3-6(11)4-13-8;1-15-10(14)6-2-9-8(12)3-7(11)5-13(9)4-6;10-6-2-7(11)8-1-5(9(13)14)3-12(8)4-6;7-4-1-5(8)6(3-10)9-2-4/h4-5,11H,1H2,2-3H3;3-4,9,14H,1H2,2H3;2-5H,1H3;1-4H,(H,13,14);1-3H. The van der Waals surface area contributed by atoms with Gasteiger partial charge in [0.15, 0.2) is 12.4 Å². The Balaban J connectivity index is 0.000000247. The molecule has 17 nitrogen and oxygen atoms in total. The van der Waals surface area contributed by atoms with E-state index in [9.17, 15) is 33.9 Å². The monoisotopic (exact) mass is 1210 g/mol. The summed E-state index contributed by atoms with van der Waals surface area (Å²) >= 11 is 57.7. The number of aldehydes is 1. The third-order valence-corrected chi connectivity index (χ3v) is 11.4. The molecule has 0 amide bonds. The van der Waals surface area contributed by atoms with E-state index in [1.165, 1.54) is 77.3 Å². The molecule has 0 aliphatic carbocycles. The van der Waals surface area contributed by atoms with E-state index in [2.05, 4.69) is 42.3 Å². The van der Waals surface area contributed by atoms with E-state index in [0.717, 1.165) is 5.52 Å². The Morgan fingerprint density at radius 1 is 0.568 bits per heavy atom. The molecule has 7 aromatic heterocycles. The number of fused-ring (bicyclic) bond motifs is 2. The van der Waals surface area contributed by atoms with E-state index in [1.54, 1.807) is 45.6 Å². The first-order valence-electron chi connectivity index (χ1n) is 19.8. The van der Waals surface area contributed by atoms with Gasteiger partial charge in [0.05, 0.1) is 111 Å². The molecular weight excluding hydrogens is 1180 g/mol. The number of aliphatic hydroxyl groups is 1. The van der Waals surface area contributed by atoms with Crippen LogP contribution in [0.1, 0.15) is 61.7 Å². The molecule has 74 heavy (non-hydrogen) atoms. The number of carboxylic acids is 1. The van der Waals surface area contributed by atoms with Crippen molar-refractivity contribution in [3.63, 3.8) is 0 Å². The third kappa shape index (κ3) is 18.0. The van der Waals surface area contributed by atoms with Crippen LogP contribution in [0.3, 0.4) is 0 Å². The fourth-order valence-electron chi connectivity index (χ4n) is 5.49. The Labute approximate surface area is 470 Å². The number of hydrogen-bond acceptors (Lipinski definition) is 14. The number of nitrogens with zero attached hydrogens (tertiary/aromatic N) is 5. The lowest BCUT2D eigenvalue weighted by atomic mass is 10.1. The van der Waals surface area contributed by atoms with Crippen LogP contribution in [0.2, 0.25) is 50.2 Å². The average molecular weight is 1220 g/mol. The molecule has 0 aliphatic heterocycles. The SMILES string of the molecule is C=C(C(=O)OC)C(O)c1ncc(Cl)cc1Cl.C=C(C(=O)OC)C(OC(C)=O)c1ncc(Cl)cc1Cl.COC(=O)c1cc2c(Cl)cc(Cl)cn2c1.O=C(O)c1cc2c(Cl)cc(Cl)cn2c1.O=Cc1ncc(Cl)cc1Cl. The van der Waals surface area contributed by atoms with Crippen LogP contribution in [0, 0.1) is 0 Å². The summed E-state index contributed by atoms with van der Waals surface area (Å²) in [6, 6.07) is 10.7. The molecule has 0 radical (unpaired) electrons. The van der Waals surface area contributed by atoms with Crippen molar-refractivity contribution in [1.82, 2.24) is 23.8 Å². The van der Waals surface area contributed by atoms with E-state index >= 15 is 0 Å². The van der Waals surface area contributed by atoms with Crippen molar-refractivity contribution in [3.05, 3.63) is 189 Å². The van der Waals surface area contributed by atoms with Crippen molar-refractivity contribution in [3.8, 4) is 0 Å². The zero-order valence-corrected chi connectivity index (χ0v) is 45.8. The highest BCUT2D eigenvalue weighted by Gasteiger charge is 2.28. The predicted molar refractivity (Wildman–Crippen MR) is 283 cm³/mol. The van der Waals surface area contributed by atoms with Gasteiger partial charge in [-0.1, -0.05) is 129 Å². The van der Waals surface area contributed by atoms with E-state index in [0.29, 0.717) is 52.5 Å². The van der Waals surface area contributed by atoms with Crippen LogP contribution in [0.15, 0.2) is 110 Å². The van der Waals surface area contributed by atoms with Gasteiger partial charge in [-0.15, -0.1) is 0 Å². The number of esters is 4. The van der Waals surface area contributed by atoms with Gasteiger partial charge < -0.3 is 38.0 Å². The molecule has 7 heterocycles. The van der Waals surface area contributed by atoms with Crippen molar-refractivity contribution in [1.29, 1.82) is 0 Å². The number of carbonyl (C=O) groups excluding carboxylic acids is 5. The van der Waals surface area contributed by atoms with Gasteiger partial charge >= 0.3 is 29.8 Å². The normalized spacial score (nSPS) is 11.0. The number of aromatic carboxylic acids is 1. The number of aliphatic hydroxyl groups excluding tert-OH is 1. The molecule has 0 aliphatic rings. The van der Waals surface area contributed by atoms with Gasteiger partial charge in [-0.25, -0.2) is 19.2 Å². The molecule has 27 heteroatoms. The van der Waals surface area contributed by atoms with Crippen molar-refractivity contribution >= 4 is 163 Å². The van der Waals surface area contributed by atoms with Crippen LogP contribution in [-0.2, 0) is 33.3 Å². The van der Waals surface area contributed by atoms with Crippen molar-refractivity contribution < 1.29 is 57.9 Å². The Kier molecular flexibility index (Phi) is 24.9. The van der Waals surface area contributed by atoms with E-state index in [1.807, 2.05) is 0 Å². The predicted octanol–water partition coefficient (Wildman–Crippen LogP) is 13.1. The Morgan fingerprint density at radius 3 is 1.41 bits per heavy atom. The summed E-state index contributed by atoms with van der Waals surface area (Å²) < 4.78 is 21.9. The van der Waals surface area contributed by atoms with Crippen LogP contribution >= 0.6 is 116 Å². The maximum atomic E-state index is 11.5. The van der Waals surface area contributed by atoms with Gasteiger partial charge in [0, 0.05) is 50.3 Å². The topological polar surface area (TPSA) is 227 Å². The molecule has 7 aromatic rings. The molecule has 2 atom stereocenters. The molecule has 0 fully saturated rings. The number of carboxylic acid groups (broad SMARTS) is 1. The van der Waals surface area contributed by atoms with Gasteiger partial charge in [-0.3, -0.25) is 24.5 Å². The highest BCUT2D eigenvalue weighted by atomic mass is 35.5. The van der Waals surface area contributed by atoms with Crippen LogP contribution in [0.25, 0.3) is 11.0 Å². The Bertz CT molecular complexity index is 3260. The molecule has 0 aromatic carbocycles. The molecular formula is C47H35Cl10N5O12. The number of methoxy groups -OCH3 is 3. The first-order valence-corrected chi connectivity index (χ1v) is 23.6. The number of hydrogen-bond donors (Lipinski definition) is 2.